The van der Waals surface area contributed by atoms with Gasteiger partial charge in [0.1, 0.15) is 11.6 Å². The second kappa shape index (κ2) is 11.7. The number of guanidine groups is 1. The number of rotatable bonds is 7. The molecule has 0 aromatic carbocycles. The smallest absolute Gasteiger partial charge is 0.417 e. The number of pyridine rings is 1. The lowest BCUT2D eigenvalue weighted by Gasteiger charge is -2.14. The molecule has 154 valence electrons. The molecule has 0 bridgehead atoms. The number of alkyl halides is 3. The molecule has 1 unspecified atom stereocenters. The molecule has 6 nitrogen and oxygen atoms in total. The van der Waals surface area contributed by atoms with E-state index in [1.165, 1.54) is 0 Å². The molecule has 0 amide bonds. The summed E-state index contributed by atoms with van der Waals surface area (Å²) in [6.07, 6.45) is -1.58. The lowest BCUT2D eigenvalue weighted by atomic mass is 10.2. The number of halogens is 5. The fourth-order valence-electron chi connectivity index (χ4n) is 2.33. The third-order valence-electron chi connectivity index (χ3n) is 3.59. The molecule has 0 aliphatic carbocycles. The Morgan fingerprint density at radius 3 is 2.81 bits per heavy atom. The maximum Gasteiger partial charge on any atom is 0.417 e. The highest BCUT2D eigenvalue weighted by atomic mass is 127. The summed E-state index contributed by atoms with van der Waals surface area (Å²) >= 11 is 5.79. The van der Waals surface area contributed by atoms with Gasteiger partial charge in [-0.15, -0.1) is 24.0 Å². The zero-order chi connectivity index (χ0) is 19.0. The predicted octanol–water partition coefficient (Wildman–Crippen LogP) is 3.48. The van der Waals surface area contributed by atoms with Gasteiger partial charge >= 0.3 is 6.18 Å². The quantitative estimate of drug-likeness (QED) is 0.248. The molecular weight excluding hydrogens is 500 g/mol. The molecule has 1 aliphatic rings. The number of hydrogen-bond donors (Lipinski definition) is 2. The van der Waals surface area contributed by atoms with Gasteiger partial charge in [-0.25, -0.2) is 4.98 Å². The van der Waals surface area contributed by atoms with Gasteiger partial charge in [-0.3, -0.25) is 4.99 Å². The highest BCUT2D eigenvalue weighted by Gasteiger charge is 2.31. The monoisotopic (exact) mass is 522 g/mol. The van der Waals surface area contributed by atoms with E-state index >= 15 is 0 Å². The third-order valence-corrected chi connectivity index (χ3v) is 3.86. The van der Waals surface area contributed by atoms with Gasteiger partial charge in [0.15, 0.2) is 5.96 Å². The van der Waals surface area contributed by atoms with Gasteiger partial charge < -0.3 is 20.1 Å². The minimum Gasteiger partial charge on any atom is -0.475 e. The van der Waals surface area contributed by atoms with Crippen LogP contribution < -0.4 is 15.4 Å². The first-order valence-electron chi connectivity index (χ1n) is 8.39. The van der Waals surface area contributed by atoms with Crippen molar-refractivity contribution in [3.05, 3.63) is 22.8 Å². The van der Waals surface area contributed by atoms with Crippen molar-refractivity contribution in [1.82, 2.24) is 15.6 Å². The van der Waals surface area contributed by atoms with Gasteiger partial charge in [0.25, 0.3) is 0 Å². The number of aliphatic imine (C=N–C) groups is 1. The van der Waals surface area contributed by atoms with Crippen LogP contribution in [-0.2, 0) is 10.9 Å². The summed E-state index contributed by atoms with van der Waals surface area (Å²) in [6.45, 7) is 4.55. The number of aromatic nitrogens is 1. The van der Waals surface area contributed by atoms with Crippen LogP contribution >= 0.6 is 35.6 Å². The molecule has 2 N–H and O–H groups in total. The van der Waals surface area contributed by atoms with Gasteiger partial charge in [0, 0.05) is 19.3 Å². The van der Waals surface area contributed by atoms with Gasteiger partial charge in [0.05, 0.1) is 24.8 Å². The maximum absolute atomic E-state index is 12.6. The summed E-state index contributed by atoms with van der Waals surface area (Å²) in [4.78, 5) is 8.07. The Morgan fingerprint density at radius 2 is 2.22 bits per heavy atom. The van der Waals surface area contributed by atoms with Crippen LogP contribution in [0.15, 0.2) is 17.3 Å². The highest BCUT2D eigenvalue weighted by Crippen LogP contribution is 2.32. The number of nitrogens with one attached hydrogen (secondary N) is 2. The summed E-state index contributed by atoms with van der Waals surface area (Å²) in [7, 11) is 0. The van der Waals surface area contributed by atoms with Crippen LogP contribution in [0.2, 0.25) is 5.02 Å². The maximum atomic E-state index is 12.6. The second-order valence-corrected chi connectivity index (χ2v) is 6.05. The van der Waals surface area contributed by atoms with Crippen LogP contribution in [0.3, 0.4) is 0 Å². The van der Waals surface area contributed by atoms with E-state index in [0.29, 0.717) is 31.8 Å². The van der Waals surface area contributed by atoms with E-state index in [1.807, 2.05) is 6.92 Å². The van der Waals surface area contributed by atoms with Gasteiger partial charge in [0.2, 0.25) is 5.88 Å². The number of hydrogen-bond acceptors (Lipinski definition) is 4. The first-order valence-corrected chi connectivity index (χ1v) is 8.77. The van der Waals surface area contributed by atoms with Crippen molar-refractivity contribution in [2.75, 3.05) is 32.8 Å². The Labute approximate surface area is 178 Å². The summed E-state index contributed by atoms with van der Waals surface area (Å²) in [5, 5.41) is 6.00. The average Bonchev–Trinajstić information content (AvgIpc) is 3.10. The zero-order valence-electron chi connectivity index (χ0n) is 14.8. The molecule has 0 spiro atoms. The molecule has 11 heteroatoms. The molecule has 2 heterocycles. The van der Waals surface area contributed by atoms with E-state index in [-0.39, 0.29) is 47.6 Å². The zero-order valence-corrected chi connectivity index (χ0v) is 17.9. The van der Waals surface area contributed by atoms with Crippen LogP contribution in [0.1, 0.15) is 25.3 Å². The van der Waals surface area contributed by atoms with Crippen molar-refractivity contribution >= 4 is 41.5 Å². The molecule has 1 atom stereocenters. The van der Waals surface area contributed by atoms with Crippen LogP contribution in [0.5, 0.6) is 5.88 Å². The first kappa shape index (κ1) is 24.0. The Balaban J connectivity index is 0.00000364. The lowest BCUT2D eigenvalue weighted by molar-refractivity contribution is -0.137. The van der Waals surface area contributed by atoms with Crippen LogP contribution in [0.4, 0.5) is 13.2 Å². The standard InChI is InChI=1S/C16H22ClF3N4O2.HI/c1-2-21-15(24-10-12-4-3-6-25-12)22-5-7-26-14-13(17)8-11(9-23-14)16(18,19)20;/h8-9,12H,2-7,10H2,1H3,(H2,21,22,24);1H. The summed E-state index contributed by atoms with van der Waals surface area (Å²) in [6, 6.07) is 0.796. The van der Waals surface area contributed by atoms with Gasteiger partial charge in [-0.05, 0) is 25.8 Å². The van der Waals surface area contributed by atoms with Crippen molar-refractivity contribution in [2.24, 2.45) is 4.99 Å². The number of nitrogens with zero attached hydrogens (tertiary/aromatic N) is 2. The SMILES string of the molecule is CCNC(=NCC1CCCO1)NCCOc1ncc(C(F)(F)F)cc1Cl.I. The van der Waals surface area contributed by atoms with Gasteiger partial charge in [-0.2, -0.15) is 13.2 Å². The Hall–Kier alpha value is -1.01. The first-order chi connectivity index (χ1) is 12.4. The van der Waals surface area contributed by atoms with E-state index < -0.39 is 11.7 Å². The highest BCUT2D eigenvalue weighted by molar-refractivity contribution is 14.0. The Bertz CT molecular complexity index is 614. The minimum absolute atomic E-state index is 0. The average molecular weight is 523 g/mol. The van der Waals surface area contributed by atoms with E-state index in [4.69, 9.17) is 21.1 Å². The molecule has 2 rings (SSSR count). The van der Waals surface area contributed by atoms with Crippen LogP contribution in [-0.4, -0.2) is 49.9 Å². The fraction of sp³-hybridized carbons (Fsp3) is 0.625. The molecule has 1 fully saturated rings. The summed E-state index contributed by atoms with van der Waals surface area (Å²) in [5.74, 6) is 0.584. The molecular formula is C16H23ClF3IN4O2. The van der Waals surface area contributed by atoms with E-state index in [2.05, 4.69) is 20.6 Å². The fourth-order valence-corrected chi connectivity index (χ4v) is 2.55. The Morgan fingerprint density at radius 1 is 1.44 bits per heavy atom. The van der Waals surface area contributed by atoms with E-state index in [1.54, 1.807) is 0 Å². The van der Waals surface area contributed by atoms with Gasteiger partial charge in [-0.1, -0.05) is 11.6 Å². The molecule has 1 aliphatic heterocycles. The molecule has 0 radical (unpaired) electrons. The third kappa shape index (κ3) is 8.26. The number of ether oxygens (including phenoxy) is 2. The Kier molecular flexibility index (Phi) is 10.5. The molecule has 1 saturated heterocycles. The van der Waals surface area contributed by atoms with E-state index in [9.17, 15) is 13.2 Å². The van der Waals surface area contributed by atoms with Crippen molar-refractivity contribution < 1.29 is 22.6 Å². The molecule has 0 saturated carbocycles. The molecule has 1 aromatic rings. The summed E-state index contributed by atoms with van der Waals surface area (Å²) in [5.41, 5.74) is -0.913. The normalized spacial score (nSPS) is 17.4. The van der Waals surface area contributed by atoms with Crippen molar-refractivity contribution in [3.8, 4) is 5.88 Å². The second-order valence-electron chi connectivity index (χ2n) is 5.64. The molecule has 27 heavy (non-hydrogen) atoms. The van der Waals surface area contributed by atoms with Crippen molar-refractivity contribution in [2.45, 2.75) is 32.0 Å². The van der Waals surface area contributed by atoms with E-state index in [0.717, 1.165) is 25.5 Å². The van der Waals surface area contributed by atoms with Crippen molar-refractivity contribution in [3.63, 3.8) is 0 Å². The summed E-state index contributed by atoms with van der Waals surface area (Å²) < 4.78 is 48.6. The minimum atomic E-state index is -4.49. The lowest BCUT2D eigenvalue weighted by Crippen LogP contribution is -2.39. The van der Waals surface area contributed by atoms with Crippen LogP contribution in [0.25, 0.3) is 0 Å². The predicted molar refractivity (Wildman–Crippen MR) is 108 cm³/mol. The largest absolute Gasteiger partial charge is 0.475 e. The molecule has 1 aromatic heterocycles. The van der Waals surface area contributed by atoms with Crippen LogP contribution in [0, 0.1) is 0 Å². The topological polar surface area (TPSA) is 67.8 Å². The van der Waals surface area contributed by atoms with Crippen molar-refractivity contribution in [1.29, 1.82) is 0 Å².